The average molecular weight is 455 g/mol. The monoisotopic (exact) mass is 454 g/mol. The van der Waals surface area contributed by atoms with Crippen molar-refractivity contribution in [2.75, 3.05) is 13.7 Å². The number of amides is 1. The lowest BCUT2D eigenvalue weighted by Crippen LogP contribution is -2.29. The summed E-state index contributed by atoms with van der Waals surface area (Å²) in [6.45, 7) is 9.92. The first-order valence-corrected chi connectivity index (χ1v) is 10.8. The molecule has 2 aromatic rings. The van der Waals surface area contributed by atoms with Crippen LogP contribution in [0, 0.1) is 6.92 Å². The van der Waals surface area contributed by atoms with Gasteiger partial charge in [0.25, 0.3) is 5.91 Å². The summed E-state index contributed by atoms with van der Waals surface area (Å²) in [6.07, 6.45) is -0.197. The maximum atomic E-state index is 13.0. The zero-order chi connectivity index (χ0) is 22.3. The quantitative estimate of drug-likeness (QED) is 0.745. The van der Waals surface area contributed by atoms with Crippen LogP contribution in [-0.2, 0) is 21.6 Å². The number of methoxy groups -OCH3 is 1. The maximum absolute atomic E-state index is 13.0. The van der Waals surface area contributed by atoms with Gasteiger partial charge >= 0.3 is 0 Å². The van der Waals surface area contributed by atoms with Crippen LogP contribution in [0.3, 0.4) is 0 Å². The molecule has 2 heterocycles. The highest BCUT2D eigenvalue weighted by Gasteiger charge is 2.34. The van der Waals surface area contributed by atoms with Gasteiger partial charge in [-0.2, -0.15) is 4.99 Å². The predicted molar refractivity (Wildman–Crippen MR) is 115 cm³/mol. The Kier molecular flexibility index (Phi) is 6.46. The molecule has 3 rings (SSSR count). The summed E-state index contributed by atoms with van der Waals surface area (Å²) in [6, 6.07) is 4.81. The molecule has 1 N–H and O–H groups in total. The Morgan fingerprint density at radius 1 is 1.47 bits per heavy atom. The molecular weight excluding hydrogens is 428 g/mol. The molecule has 1 aliphatic rings. The van der Waals surface area contributed by atoms with Crippen molar-refractivity contribution in [3.63, 3.8) is 0 Å². The number of rotatable bonds is 5. The van der Waals surface area contributed by atoms with Gasteiger partial charge in [0.15, 0.2) is 10.6 Å². The van der Waals surface area contributed by atoms with Crippen LogP contribution in [-0.4, -0.2) is 41.2 Å². The fraction of sp³-hybridized carbons (Fsp3) is 0.524. The van der Waals surface area contributed by atoms with Crippen molar-refractivity contribution >= 4 is 28.8 Å². The number of aliphatic hydroxyl groups is 1. The van der Waals surface area contributed by atoms with Gasteiger partial charge in [0.2, 0.25) is 0 Å². The molecule has 1 aromatic carbocycles. The maximum Gasteiger partial charge on any atom is 0.283 e. The molecule has 7 nitrogen and oxygen atoms in total. The molecule has 1 atom stereocenters. The first kappa shape index (κ1) is 23.0. The van der Waals surface area contributed by atoms with E-state index in [-0.39, 0.29) is 11.7 Å². The second-order valence-electron chi connectivity index (χ2n) is 8.18. The van der Waals surface area contributed by atoms with Crippen LogP contribution >= 0.6 is 22.9 Å². The fourth-order valence-corrected chi connectivity index (χ4v) is 4.72. The van der Waals surface area contributed by atoms with Gasteiger partial charge in [-0.15, -0.1) is 0 Å². The summed E-state index contributed by atoms with van der Waals surface area (Å²) >= 11 is 7.34. The summed E-state index contributed by atoms with van der Waals surface area (Å²) in [5.41, 5.74) is 0.0207. The zero-order valence-electron chi connectivity index (χ0n) is 18.0. The van der Waals surface area contributed by atoms with E-state index in [4.69, 9.17) is 25.8 Å². The number of halogens is 1. The number of benzene rings is 1. The number of hydrogen-bond donors (Lipinski definition) is 1. The minimum absolute atomic E-state index is 0.197. The lowest BCUT2D eigenvalue weighted by molar-refractivity contribution is -0.139. The van der Waals surface area contributed by atoms with Crippen LogP contribution in [0.15, 0.2) is 23.2 Å². The summed E-state index contributed by atoms with van der Waals surface area (Å²) < 4.78 is 18.8. The van der Waals surface area contributed by atoms with E-state index in [0.717, 1.165) is 10.6 Å². The minimum Gasteiger partial charge on any atom is -0.496 e. The zero-order valence-corrected chi connectivity index (χ0v) is 19.6. The molecule has 0 bridgehead atoms. The molecule has 30 heavy (non-hydrogen) atoms. The molecule has 1 amide bonds. The van der Waals surface area contributed by atoms with Crippen LogP contribution in [0.1, 0.15) is 48.6 Å². The molecular formula is C21H27ClN2O5S. The van der Waals surface area contributed by atoms with Gasteiger partial charge < -0.3 is 23.9 Å². The minimum atomic E-state index is -1.08. The third-order valence-electron chi connectivity index (χ3n) is 4.76. The third kappa shape index (κ3) is 4.95. The molecule has 164 valence electrons. The highest BCUT2D eigenvalue weighted by Crippen LogP contribution is 2.29. The summed E-state index contributed by atoms with van der Waals surface area (Å²) in [7, 11) is 1.49. The number of hydrogen-bond acceptors (Lipinski definition) is 6. The molecule has 1 aromatic heterocycles. The fourth-order valence-electron chi connectivity index (χ4n) is 3.40. The van der Waals surface area contributed by atoms with Gasteiger partial charge in [0.05, 0.1) is 36.3 Å². The molecule has 0 aliphatic carbocycles. The van der Waals surface area contributed by atoms with E-state index in [9.17, 15) is 9.90 Å². The first-order chi connectivity index (χ1) is 13.9. The van der Waals surface area contributed by atoms with Gasteiger partial charge in [0, 0.05) is 10.7 Å². The molecule has 0 radical (unpaired) electrons. The van der Waals surface area contributed by atoms with E-state index in [1.807, 2.05) is 25.3 Å². The number of aromatic nitrogens is 1. The van der Waals surface area contributed by atoms with E-state index in [0.29, 0.717) is 28.7 Å². The first-order valence-electron chi connectivity index (χ1n) is 9.59. The van der Waals surface area contributed by atoms with Gasteiger partial charge in [0.1, 0.15) is 11.9 Å². The SMILES string of the molecule is COc1ccc(Cl)cc1C(=O)N=c1sc(C(C)(C)O)c(C)n1CC1COC(C)(C)O1. The van der Waals surface area contributed by atoms with Crippen LogP contribution in [0.4, 0.5) is 0 Å². The Balaban J connectivity index is 2.07. The van der Waals surface area contributed by atoms with E-state index < -0.39 is 17.3 Å². The van der Waals surface area contributed by atoms with E-state index in [1.165, 1.54) is 24.5 Å². The van der Waals surface area contributed by atoms with Crippen molar-refractivity contribution in [3.8, 4) is 5.75 Å². The van der Waals surface area contributed by atoms with Gasteiger partial charge in [-0.3, -0.25) is 4.79 Å². The number of thiazole rings is 1. The average Bonchev–Trinajstić information content (AvgIpc) is 3.15. The smallest absolute Gasteiger partial charge is 0.283 e. The number of ether oxygens (including phenoxy) is 3. The third-order valence-corrected chi connectivity index (χ3v) is 6.48. The van der Waals surface area contributed by atoms with E-state index in [2.05, 4.69) is 4.99 Å². The molecule has 1 aliphatic heterocycles. The standard InChI is InChI=1S/C21H27ClN2O5S/c1-12-17(20(2,3)26)30-19(24(12)10-14-11-28-21(4,5)29-14)23-18(25)15-9-13(22)7-8-16(15)27-6/h7-9,14,26H,10-11H2,1-6H3. The number of carbonyl (C=O) groups excluding carboxylic acids is 1. The Bertz CT molecular complexity index is 1020. The van der Waals surface area contributed by atoms with Crippen LogP contribution in [0.25, 0.3) is 0 Å². The Hall–Kier alpha value is -1.71. The highest BCUT2D eigenvalue weighted by atomic mass is 35.5. The highest BCUT2D eigenvalue weighted by molar-refractivity contribution is 7.09. The van der Waals surface area contributed by atoms with Gasteiger partial charge in [-0.05, 0) is 52.8 Å². The molecule has 0 saturated carbocycles. The van der Waals surface area contributed by atoms with Crippen LogP contribution in [0.2, 0.25) is 5.02 Å². The summed E-state index contributed by atoms with van der Waals surface area (Å²) in [4.78, 5) is 18.5. The second-order valence-corrected chi connectivity index (χ2v) is 9.60. The second kappa shape index (κ2) is 8.43. The largest absolute Gasteiger partial charge is 0.496 e. The van der Waals surface area contributed by atoms with Crippen molar-refractivity contribution < 1.29 is 24.1 Å². The molecule has 1 saturated heterocycles. The lowest BCUT2D eigenvalue weighted by Gasteiger charge is -2.19. The van der Waals surface area contributed by atoms with Crippen molar-refractivity contribution in [2.24, 2.45) is 4.99 Å². The molecule has 1 unspecified atom stereocenters. The number of carbonyl (C=O) groups is 1. The van der Waals surface area contributed by atoms with E-state index >= 15 is 0 Å². The lowest BCUT2D eigenvalue weighted by atomic mass is 10.1. The predicted octanol–water partition coefficient (Wildman–Crippen LogP) is 3.64. The topological polar surface area (TPSA) is 82.3 Å². The molecule has 0 spiro atoms. The van der Waals surface area contributed by atoms with E-state index in [1.54, 1.807) is 26.0 Å². The van der Waals surface area contributed by atoms with Gasteiger partial charge in [-0.1, -0.05) is 22.9 Å². The normalized spacial score (nSPS) is 19.3. The number of nitrogens with zero attached hydrogens (tertiary/aromatic N) is 2. The van der Waals surface area contributed by atoms with Crippen molar-refractivity contribution in [1.29, 1.82) is 0 Å². The van der Waals surface area contributed by atoms with Crippen LogP contribution in [0.5, 0.6) is 5.75 Å². The summed E-state index contributed by atoms with van der Waals surface area (Å²) in [5, 5.41) is 11.0. The van der Waals surface area contributed by atoms with Crippen molar-refractivity contribution in [1.82, 2.24) is 4.57 Å². The van der Waals surface area contributed by atoms with Crippen LogP contribution < -0.4 is 9.54 Å². The Morgan fingerprint density at radius 2 is 2.17 bits per heavy atom. The van der Waals surface area contributed by atoms with Crippen molar-refractivity contribution in [3.05, 3.63) is 44.2 Å². The van der Waals surface area contributed by atoms with Gasteiger partial charge in [-0.25, -0.2) is 0 Å². The molecule has 9 heteroatoms. The Labute approximate surface area is 184 Å². The summed E-state index contributed by atoms with van der Waals surface area (Å²) in [5.74, 6) is -0.740. The van der Waals surface area contributed by atoms with Crippen molar-refractivity contribution in [2.45, 2.75) is 58.7 Å². The molecule has 1 fully saturated rings. The Morgan fingerprint density at radius 3 is 2.73 bits per heavy atom.